The monoisotopic (exact) mass is 156 g/mol. The van der Waals surface area contributed by atoms with Crippen LogP contribution in [0, 0.1) is 0 Å². The molecule has 0 aliphatic heterocycles. The molecule has 0 aromatic rings. The lowest BCUT2D eigenvalue weighted by Crippen LogP contribution is -2.28. The van der Waals surface area contributed by atoms with Crippen molar-refractivity contribution in [2.24, 2.45) is 0 Å². The van der Waals surface area contributed by atoms with E-state index in [0.717, 1.165) is 0 Å². The molecular formula is C6H11F3O. The van der Waals surface area contributed by atoms with Crippen molar-refractivity contribution in [1.82, 2.24) is 0 Å². The van der Waals surface area contributed by atoms with Crippen LogP contribution in [0.3, 0.4) is 0 Å². The van der Waals surface area contributed by atoms with E-state index in [1.807, 2.05) is 0 Å². The first kappa shape index (κ1) is 9.75. The molecule has 0 rings (SSSR count). The van der Waals surface area contributed by atoms with E-state index in [0.29, 0.717) is 0 Å². The predicted octanol–water partition coefficient (Wildman–Crippen LogP) is 2.36. The second-order valence-electron chi connectivity index (χ2n) is 2.92. The number of alkyl halides is 3. The van der Waals surface area contributed by atoms with Gasteiger partial charge in [-0.1, -0.05) is 0 Å². The fourth-order valence-electron chi connectivity index (χ4n) is 0.389. The van der Waals surface area contributed by atoms with E-state index in [9.17, 15) is 13.2 Å². The molecule has 0 N–H and O–H groups in total. The lowest BCUT2D eigenvalue weighted by molar-refractivity contribution is -0.182. The van der Waals surface area contributed by atoms with Gasteiger partial charge in [-0.05, 0) is 20.8 Å². The van der Waals surface area contributed by atoms with Crippen LogP contribution in [0.25, 0.3) is 0 Å². The van der Waals surface area contributed by atoms with Crippen LogP contribution in [0.5, 0.6) is 0 Å². The molecule has 62 valence electrons. The maximum absolute atomic E-state index is 12.0. The Hall–Kier alpha value is -0.250. The molecule has 0 aliphatic rings. The highest BCUT2D eigenvalue weighted by Crippen LogP contribution is 2.16. The largest absolute Gasteiger partial charge is 0.338 e. The van der Waals surface area contributed by atoms with Gasteiger partial charge in [0.2, 0.25) is 0 Å². The first-order valence-electron chi connectivity index (χ1n) is 2.93. The zero-order valence-electron chi connectivity index (χ0n) is 6.20. The van der Waals surface area contributed by atoms with Crippen molar-refractivity contribution in [2.45, 2.75) is 39.2 Å². The SMILES string of the molecule is CC(C)(C)OC(F)C(F)F. The quantitative estimate of drug-likeness (QED) is 0.596. The Balaban J connectivity index is 3.68. The van der Waals surface area contributed by atoms with Gasteiger partial charge in [0.1, 0.15) is 0 Å². The molecule has 1 nitrogen and oxygen atoms in total. The molecule has 0 fully saturated rings. The smallest absolute Gasteiger partial charge is 0.293 e. The highest BCUT2D eigenvalue weighted by molar-refractivity contribution is 4.60. The molecular weight excluding hydrogens is 145 g/mol. The van der Waals surface area contributed by atoms with E-state index in [-0.39, 0.29) is 0 Å². The Kier molecular flexibility index (Phi) is 3.15. The Morgan fingerprint density at radius 1 is 1.10 bits per heavy atom. The molecule has 0 aliphatic carbocycles. The highest BCUT2D eigenvalue weighted by atomic mass is 19.3. The third-order valence-electron chi connectivity index (χ3n) is 0.664. The maximum atomic E-state index is 12.0. The van der Waals surface area contributed by atoms with Gasteiger partial charge in [-0.3, -0.25) is 0 Å². The van der Waals surface area contributed by atoms with Crippen LogP contribution in [0.1, 0.15) is 20.8 Å². The van der Waals surface area contributed by atoms with Crippen LogP contribution in [-0.2, 0) is 4.74 Å². The van der Waals surface area contributed by atoms with Gasteiger partial charge in [0.25, 0.3) is 12.8 Å². The van der Waals surface area contributed by atoms with Gasteiger partial charge in [-0.25, -0.2) is 13.2 Å². The molecule has 0 aromatic carbocycles. The van der Waals surface area contributed by atoms with Crippen molar-refractivity contribution in [3.8, 4) is 0 Å². The Labute approximate surface area is 58.2 Å². The van der Waals surface area contributed by atoms with Crippen LogP contribution in [0.2, 0.25) is 0 Å². The standard InChI is InChI=1S/C6H11F3O/c1-6(2,3)10-5(9)4(7)8/h4-5H,1-3H3. The third-order valence-corrected chi connectivity index (χ3v) is 0.664. The summed E-state index contributed by atoms with van der Waals surface area (Å²) >= 11 is 0. The average Bonchev–Trinajstić information content (AvgIpc) is 1.60. The molecule has 1 atom stereocenters. The topological polar surface area (TPSA) is 9.23 Å². The molecule has 0 saturated heterocycles. The fraction of sp³-hybridized carbons (Fsp3) is 1.00. The van der Waals surface area contributed by atoms with Crippen LogP contribution in [-0.4, -0.2) is 18.4 Å². The minimum Gasteiger partial charge on any atom is -0.338 e. The van der Waals surface area contributed by atoms with Gasteiger partial charge >= 0.3 is 0 Å². The third kappa shape index (κ3) is 4.61. The molecule has 4 heteroatoms. The molecule has 10 heavy (non-hydrogen) atoms. The van der Waals surface area contributed by atoms with Gasteiger partial charge in [0.15, 0.2) is 0 Å². The lowest BCUT2D eigenvalue weighted by Gasteiger charge is -2.21. The lowest BCUT2D eigenvalue weighted by atomic mass is 10.2. The van der Waals surface area contributed by atoms with Crippen molar-refractivity contribution in [3.05, 3.63) is 0 Å². The molecule has 1 unspecified atom stereocenters. The number of halogens is 3. The van der Waals surface area contributed by atoms with E-state index < -0.39 is 18.4 Å². The number of ether oxygens (including phenoxy) is 1. The summed E-state index contributed by atoms with van der Waals surface area (Å²) < 4.78 is 39.2. The van der Waals surface area contributed by atoms with E-state index >= 15 is 0 Å². The van der Waals surface area contributed by atoms with Crippen molar-refractivity contribution in [3.63, 3.8) is 0 Å². The molecule has 0 heterocycles. The summed E-state index contributed by atoms with van der Waals surface area (Å²) in [6.07, 6.45) is -5.53. The van der Waals surface area contributed by atoms with Gasteiger partial charge in [0.05, 0.1) is 5.60 Å². The van der Waals surface area contributed by atoms with Crippen molar-refractivity contribution in [2.75, 3.05) is 0 Å². The molecule has 0 bridgehead atoms. The normalized spacial score (nSPS) is 15.9. The first-order chi connectivity index (χ1) is 4.33. The second kappa shape index (κ2) is 3.23. The van der Waals surface area contributed by atoms with E-state index in [1.165, 1.54) is 20.8 Å². The summed E-state index contributed by atoms with van der Waals surface area (Å²) in [4.78, 5) is 0. The Bertz CT molecular complexity index is 97.7. The number of hydrogen-bond donors (Lipinski definition) is 0. The fourth-order valence-corrected chi connectivity index (χ4v) is 0.389. The van der Waals surface area contributed by atoms with Crippen LogP contribution >= 0.6 is 0 Å². The summed E-state index contributed by atoms with van der Waals surface area (Å²) in [5.74, 6) is 0. The van der Waals surface area contributed by atoms with Gasteiger partial charge < -0.3 is 4.74 Å². The van der Waals surface area contributed by atoms with E-state index in [1.54, 1.807) is 0 Å². The van der Waals surface area contributed by atoms with Crippen LogP contribution in [0.15, 0.2) is 0 Å². The van der Waals surface area contributed by atoms with Gasteiger partial charge in [-0.15, -0.1) is 0 Å². The first-order valence-corrected chi connectivity index (χ1v) is 2.93. The average molecular weight is 156 g/mol. The molecule has 0 radical (unpaired) electrons. The summed E-state index contributed by atoms with van der Waals surface area (Å²) in [5, 5.41) is 0. The van der Waals surface area contributed by atoms with Crippen LogP contribution < -0.4 is 0 Å². The zero-order chi connectivity index (χ0) is 8.36. The van der Waals surface area contributed by atoms with Crippen molar-refractivity contribution in [1.29, 1.82) is 0 Å². The Morgan fingerprint density at radius 3 is 1.60 bits per heavy atom. The summed E-state index contributed by atoms with van der Waals surface area (Å²) in [6, 6.07) is 0. The summed E-state index contributed by atoms with van der Waals surface area (Å²) in [6.45, 7) is 4.55. The van der Waals surface area contributed by atoms with Gasteiger partial charge in [-0.2, -0.15) is 0 Å². The van der Waals surface area contributed by atoms with E-state index in [4.69, 9.17) is 0 Å². The maximum Gasteiger partial charge on any atom is 0.293 e. The molecule has 0 saturated carbocycles. The van der Waals surface area contributed by atoms with Crippen LogP contribution in [0.4, 0.5) is 13.2 Å². The second-order valence-corrected chi connectivity index (χ2v) is 2.92. The van der Waals surface area contributed by atoms with Crippen molar-refractivity contribution >= 4 is 0 Å². The number of rotatable bonds is 2. The molecule has 0 spiro atoms. The minimum absolute atomic E-state index is 0.851. The van der Waals surface area contributed by atoms with Gasteiger partial charge in [0, 0.05) is 0 Å². The van der Waals surface area contributed by atoms with E-state index in [2.05, 4.69) is 4.74 Å². The summed E-state index contributed by atoms with van der Waals surface area (Å²) in [7, 11) is 0. The number of hydrogen-bond acceptors (Lipinski definition) is 1. The zero-order valence-corrected chi connectivity index (χ0v) is 6.20. The minimum atomic E-state index is -3.06. The Morgan fingerprint density at radius 2 is 1.50 bits per heavy atom. The molecule has 0 aromatic heterocycles. The highest BCUT2D eigenvalue weighted by Gasteiger charge is 2.25. The molecule has 0 amide bonds. The van der Waals surface area contributed by atoms with Crippen molar-refractivity contribution < 1.29 is 17.9 Å². The predicted molar refractivity (Wildman–Crippen MR) is 31.7 cm³/mol. The summed E-state index contributed by atoms with van der Waals surface area (Å²) in [5.41, 5.74) is -0.851.